The van der Waals surface area contributed by atoms with E-state index >= 15 is 0 Å². The van der Waals surface area contributed by atoms with E-state index in [2.05, 4.69) is 25.4 Å². The van der Waals surface area contributed by atoms with E-state index in [-0.39, 0.29) is 11.6 Å². The number of carbonyl (C=O) groups is 2. The van der Waals surface area contributed by atoms with Gasteiger partial charge >= 0.3 is 0 Å². The van der Waals surface area contributed by atoms with E-state index in [1.807, 2.05) is 12.1 Å². The number of aromatic nitrogens is 1. The van der Waals surface area contributed by atoms with Crippen LogP contribution in [0.4, 0.5) is 11.4 Å². The second kappa shape index (κ2) is 9.38. The van der Waals surface area contributed by atoms with Gasteiger partial charge in [0.2, 0.25) is 0 Å². The zero-order valence-electron chi connectivity index (χ0n) is 18.5. The summed E-state index contributed by atoms with van der Waals surface area (Å²) in [5.41, 5.74) is 3.27. The number of hydrogen-bond acceptors (Lipinski definition) is 7. The summed E-state index contributed by atoms with van der Waals surface area (Å²) in [5.74, 6) is -0.238. The predicted molar refractivity (Wildman–Crippen MR) is 126 cm³/mol. The van der Waals surface area contributed by atoms with Gasteiger partial charge in [0, 0.05) is 55.5 Å². The number of ketones is 2. The van der Waals surface area contributed by atoms with Crippen molar-refractivity contribution in [2.45, 2.75) is 25.7 Å². The van der Waals surface area contributed by atoms with Gasteiger partial charge in [-0.05, 0) is 70.1 Å². The van der Waals surface area contributed by atoms with Crippen molar-refractivity contribution >= 4 is 22.9 Å². The average molecular weight is 434 g/mol. The van der Waals surface area contributed by atoms with Crippen molar-refractivity contribution < 1.29 is 9.59 Å². The number of benzene rings is 1. The SMILES string of the molecule is O=C1c2ccncc2C(=O)c2c(NCCN3CCCC3)ccc(NCCN3CCCC3)c21. The van der Waals surface area contributed by atoms with Gasteiger partial charge in [-0.25, -0.2) is 0 Å². The van der Waals surface area contributed by atoms with Crippen LogP contribution in [0.1, 0.15) is 57.5 Å². The molecule has 1 aliphatic carbocycles. The zero-order chi connectivity index (χ0) is 21.9. The normalized spacial score (nSPS) is 18.6. The Labute approximate surface area is 189 Å². The number of anilines is 2. The fourth-order valence-corrected chi connectivity index (χ4v) is 5.12. The molecule has 1 aromatic carbocycles. The number of likely N-dealkylation sites (tertiary alicyclic amines) is 2. The van der Waals surface area contributed by atoms with E-state index in [0.29, 0.717) is 22.3 Å². The molecule has 0 radical (unpaired) electrons. The fraction of sp³-hybridized carbons (Fsp3) is 0.480. The van der Waals surface area contributed by atoms with E-state index in [0.717, 1.165) is 63.7 Å². The number of fused-ring (bicyclic) bond motifs is 2. The quantitative estimate of drug-likeness (QED) is 0.566. The highest BCUT2D eigenvalue weighted by atomic mass is 16.1. The summed E-state index contributed by atoms with van der Waals surface area (Å²) in [6.07, 6.45) is 8.11. The molecule has 0 atom stereocenters. The van der Waals surface area contributed by atoms with Crippen LogP contribution < -0.4 is 10.6 Å². The van der Waals surface area contributed by atoms with Crippen LogP contribution in [0.2, 0.25) is 0 Å². The van der Waals surface area contributed by atoms with Crippen molar-refractivity contribution in [3.8, 4) is 0 Å². The maximum atomic E-state index is 13.5. The van der Waals surface area contributed by atoms with Crippen LogP contribution in [0.3, 0.4) is 0 Å². The molecule has 0 unspecified atom stereocenters. The Balaban J connectivity index is 1.41. The molecular formula is C25H31N5O2. The number of nitrogens with zero attached hydrogens (tertiary/aromatic N) is 3. The lowest BCUT2D eigenvalue weighted by Gasteiger charge is -2.24. The van der Waals surface area contributed by atoms with Crippen molar-refractivity contribution in [1.29, 1.82) is 0 Å². The maximum absolute atomic E-state index is 13.5. The summed E-state index contributed by atoms with van der Waals surface area (Å²) in [4.78, 5) is 35.9. The van der Waals surface area contributed by atoms with Crippen LogP contribution >= 0.6 is 0 Å². The third kappa shape index (κ3) is 4.14. The number of hydrogen-bond donors (Lipinski definition) is 2. The number of pyridine rings is 1. The molecule has 0 amide bonds. The minimum atomic E-state index is -0.130. The Hall–Kier alpha value is -2.77. The first-order valence-electron chi connectivity index (χ1n) is 11.9. The van der Waals surface area contributed by atoms with Crippen LogP contribution in [0.25, 0.3) is 0 Å². The Bertz CT molecular complexity index is 929. The van der Waals surface area contributed by atoms with E-state index in [9.17, 15) is 9.59 Å². The van der Waals surface area contributed by atoms with Crippen LogP contribution in [0.15, 0.2) is 30.6 Å². The molecule has 7 heteroatoms. The van der Waals surface area contributed by atoms with Gasteiger partial charge in [-0.2, -0.15) is 0 Å². The molecule has 7 nitrogen and oxygen atoms in total. The second-order valence-corrected chi connectivity index (χ2v) is 8.94. The third-order valence-electron chi connectivity index (χ3n) is 6.85. The van der Waals surface area contributed by atoms with Gasteiger partial charge < -0.3 is 20.4 Å². The zero-order valence-corrected chi connectivity index (χ0v) is 18.5. The molecule has 2 aliphatic heterocycles. The molecule has 5 rings (SSSR count). The van der Waals surface area contributed by atoms with Gasteiger partial charge in [0.05, 0.1) is 16.7 Å². The van der Waals surface area contributed by atoms with Crippen molar-refractivity contribution in [2.75, 3.05) is 63.0 Å². The minimum absolute atomic E-state index is 0.108. The van der Waals surface area contributed by atoms with Gasteiger partial charge in [0.1, 0.15) is 0 Å². The van der Waals surface area contributed by atoms with Crippen LogP contribution in [0, 0.1) is 0 Å². The Kier molecular flexibility index (Phi) is 6.19. The highest BCUT2D eigenvalue weighted by molar-refractivity contribution is 6.31. The minimum Gasteiger partial charge on any atom is -0.383 e. The van der Waals surface area contributed by atoms with E-state index in [1.165, 1.54) is 31.9 Å². The van der Waals surface area contributed by atoms with Gasteiger partial charge in [0.15, 0.2) is 11.6 Å². The number of nitrogens with one attached hydrogen (secondary N) is 2. The van der Waals surface area contributed by atoms with Gasteiger partial charge in [-0.3, -0.25) is 14.6 Å². The molecule has 3 heterocycles. The van der Waals surface area contributed by atoms with E-state index in [1.54, 1.807) is 12.3 Å². The molecular weight excluding hydrogens is 402 g/mol. The van der Waals surface area contributed by atoms with E-state index in [4.69, 9.17) is 0 Å². The van der Waals surface area contributed by atoms with Crippen LogP contribution in [0.5, 0.6) is 0 Å². The highest BCUT2D eigenvalue weighted by Crippen LogP contribution is 2.36. The smallest absolute Gasteiger partial charge is 0.198 e. The largest absolute Gasteiger partial charge is 0.383 e. The van der Waals surface area contributed by atoms with Crippen molar-refractivity contribution in [3.05, 3.63) is 52.8 Å². The molecule has 0 spiro atoms. The molecule has 0 saturated carbocycles. The number of rotatable bonds is 8. The molecule has 2 aromatic rings. The summed E-state index contributed by atoms with van der Waals surface area (Å²) in [5, 5.41) is 6.88. The van der Waals surface area contributed by atoms with Crippen molar-refractivity contribution in [2.24, 2.45) is 0 Å². The van der Waals surface area contributed by atoms with Gasteiger partial charge in [-0.1, -0.05) is 0 Å². The first-order valence-corrected chi connectivity index (χ1v) is 11.9. The summed E-state index contributed by atoms with van der Waals surface area (Å²) < 4.78 is 0. The topological polar surface area (TPSA) is 77.6 Å². The lowest BCUT2D eigenvalue weighted by atomic mass is 9.83. The van der Waals surface area contributed by atoms with E-state index < -0.39 is 0 Å². The summed E-state index contributed by atoms with van der Waals surface area (Å²) in [7, 11) is 0. The monoisotopic (exact) mass is 433 g/mol. The summed E-state index contributed by atoms with van der Waals surface area (Å²) >= 11 is 0. The Morgan fingerprint density at radius 3 is 1.75 bits per heavy atom. The van der Waals surface area contributed by atoms with Gasteiger partial charge in [-0.15, -0.1) is 0 Å². The predicted octanol–water partition coefficient (Wildman–Crippen LogP) is 2.87. The van der Waals surface area contributed by atoms with Crippen molar-refractivity contribution in [3.63, 3.8) is 0 Å². The molecule has 168 valence electrons. The molecule has 0 bridgehead atoms. The molecule has 2 N–H and O–H groups in total. The molecule has 2 fully saturated rings. The molecule has 1 aromatic heterocycles. The average Bonchev–Trinajstić information content (AvgIpc) is 3.52. The first-order chi connectivity index (χ1) is 15.7. The fourth-order valence-electron chi connectivity index (χ4n) is 5.12. The summed E-state index contributed by atoms with van der Waals surface area (Å²) in [6.45, 7) is 7.91. The van der Waals surface area contributed by atoms with Crippen molar-refractivity contribution in [1.82, 2.24) is 14.8 Å². The lowest BCUT2D eigenvalue weighted by Crippen LogP contribution is -2.29. The lowest BCUT2D eigenvalue weighted by molar-refractivity contribution is 0.0980. The standard InChI is InChI=1S/C25H31N5O2/c31-24-18-7-8-26-17-19(18)25(32)23-21(28-10-16-30-13-3-4-14-30)6-5-20(22(23)24)27-9-15-29-11-1-2-12-29/h5-8,17,27-28H,1-4,9-16H2. The molecule has 32 heavy (non-hydrogen) atoms. The Morgan fingerprint density at radius 2 is 1.22 bits per heavy atom. The van der Waals surface area contributed by atoms with Crippen LogP contribution in [-0.4, -0.2) is 78.7 Å². The third-order valence-corrected chi connectivity index (χ3v) is 6.85. The summed E-state index contributed by atoms with van der Waals surface area (Å²) in [6, 6.07) is 5.53. The number of carbonyl (C=O) groups excluding carboxylic acids is 2. The Morgan fingerprint density at radius 1 is 0.719 bits per heavy atom. The first kappa shape index (κ1) is 21.1. The highest BCUT2D eigenvalue weighted by Gasteiger charge is 2.34. The maximum Gasteiger partial charge on any atom is 0.198 e. The van der Waals surface area contributed by atoms with Crippen LogP contribution in [-0.2, 0) is 0 Å². The molecule has 2 saturated heterocycles. The van der Waals surface area contributed by atoms with Gasteiger partial charge in [0.25, 0.3) is 0 Å². The second-order valence-electron chi connectivity index (χ2n) is 8.94. The molecule has 3 aliphatic rings.